The van der Waals surface area contributed by atoms with Crippen LogP contribution in [-0.2, 0) is 19.4 Å². The molecule has 0 spiro atoms. The third-order valence-corrected chi connectivity index (χ3v) is 4.40. The third kappa shape index (κ3) is 5.16. The minimum absolute atomic E-state index is 0.0116. The van der Waals surface area contributed by atoms with Crippen molar-refractivity contribution in [2.75, 3.05) is 24.6 Å². The molecule has 0 saturated carbocycles. The number of carbonyl (C=O) groups is 2. The predicted octanol–water partition coefficient (Wildman–Crippen LogP) is -0.112. The van der Waals surface area contributed by atoms with Crippen LogP contribution in [0.15, 0.2) is 0 Å². The molecule has 6 nitrogen and oxygen atoms in total. The summed E-state index contributed by atoms with van der Waals surface area (Å²) in [6.45, 7) is 0.680. The van der Waals surface area contributed by atoms with Gasteiger partial charge in [-0.2, -0.15) is 0 Å². The van der Waals surface area contributed by atoms with E-state index in [-0.39, 0.29) is 36.8 Å². The van der Waals surface area contributed by atoms with E-state index in [1.54, 1.807) is 0 Å². The van der Waals surface area contributed by atoms with Gasteiger partial charge in [0, 0.05) is 25.9 Å². The number of nitrogens with zero attached hydrogens (tertiary/aromatic N) is 1. The molecule has 1 N–H and O–H groups in total. The maximum atomic E-state index is 11.7. The highest BCUT2D eigenvalue weighted by atomic mass is 32.2. The van der Waals surface area contributed by atoms with Crippen molar-refractivity contribution in [1.29, 1.82) is 0 Å². The van der Waals surface area contributed by atoms with Crippen molar-refractivity contribution >= 4 is 21.7 Å². The van der Waals surface area contributed by atoms with Gasteiger partial charge in [0.25, 0.3) is 0 Å². The molecule has 17 heavy (non-hydrogen) atoms. The van der Waals surface area contributed by atoms with E-state index >= 15 is 0 Å². The van der Waals surface area contributed by atoms with Crippen LogP contribution in [-0.4, -0.2) is 54.9 Å². The van der Waals surface area contributed by atoms with Crippen LogP contribution in [0.2, 0.25) is 0 Å². The van der Waals surface area contributed by atoms with Crippen LogP contribution in [0.3, 0.4) is 0 Å². The molecular formula is C10H17NO5S. The van der Waals surface area contributed by atoms with Gasteiger partial charge in [0.15, 0.2) is 9.84 Å². The van der Waals surface area contributed by atoms with E-state index in [1.807, 2.05) is 0 Å². The molecule has 98 valence electrons. The minimum atomic E-state index is -3.01. The van der Waals surface area contributed by atoms with Crippen molar-refractivity contribution in [2.45, 2.75) is 25.7 Å². The van der Waals surface area contributed by atoms with Gasteiger partial charge in [0.1, 0.15) is 0 Å². The summed E-state index contributed by atoms with van der Waals surface area (Å²) in [5.41, 5.74) is 0. The average molecular weight is 263 g/mol. The fraction of sp³-hybridized carbons (Fsp3) is 0.800. The number of carboxylic acid groups (broad SMARTS) is 1. The van der Waals surface area contributed by atoms with Crippen LogP contribution < -0.4 is 0 Å². The molecule has 1 saturated heterocycles. The van der Waals surface area contributed by atoms with Crippen molar-refractivity contribution < 1.29 is 23.1 Å². The number of aliphatic carboxylic acids is 1. The number of carbonyl (C=O) groups excluding carboxylic acids is 1. The number of hydrogen-bond acceptors (Lipinski definition) is 4. The highest BCUT2D eigenvalue weighted by Crippen LogP contribution is 2.08. The third-order valence-electron chi connectivity index (χ3n) is 2.69. The molecule has 0 unspecified atom stereocenters. The lowest BCUT2D eigenvalue weighted by Gasteiger charge is -2.19. The summed E-state index contributed by atoms with van der Waals surface area (Å²) in [7, 11) is -3.01. The Bertz CT molecular complexity index is 390. The second-order valence-electron chi connectivity index (χ2n) is 4.13. The first-order chi connectivity index (χ1) is 7.91. The van der Waals surface area contributed by atoms with Gasteiger partial charge in [-0.15, -0.1) is 0 Å². The smallest absolute Gasteiger partial charge is 0.303 e. The van der Waals surface area contributed by atoms with Gasteiger partial charge in [-0.05, 0) is 12.8 Å². The number of sulfone groups is 1. The largest absolute Gasteiger partial charge is 0.481 e. The first-order valence-corrected chi connectivity index (χ1v) is 7.43. The molecule has 0 aromatic carbocycles. The first-order valence-electron chi connectivity index (χ1n) is 5.61. The summed E-state index contributed by atoms with van der Waals surface area (Å²) >= 11 is 0. The van der Waals surface area contributed by atoms with Crippen LogP contribution in [0.5, 0.6) is 0 Å². The average Bonchev–Trinajstić information content (AvgIpc) is 2.38. The molecule has 0 aromatic heterocycles. The highest BCUT2D eigenvalue weighted by Gasteiger charge is 2.22. The zero-order chi connectivity index (χ0) is 12.9. The molecule has 0 aliphatic carbocycles. The molecule has 1 amide bonds. The standard InChI is InChI=1S/C10H17NO5S/c12-9(3-1-4-10(13)14)11-5-2-7-17(15,16)8-6-11/h1-8H2,(H,13,14). The first kappa shape index (κ1) is 14.0. The van der Waals surface area contributed by atoms with Crippen molar-refractivity contribution in [3.8, 4) is 0 Å². The van der Waals surface area contributed by atoms with E-state index in [0.717, 1.165) is 0 Å². The van der Waals surface area contributed by atoms with Crippen molar-refractivity contribution in [2.24, 2.45) is 0 Å². The van der Waals surface area contributed by atoms with E-state index in [1.165, 1.54) is 4.90 Å². The molecule has 1 rings (SSSR count). The van der Waals surface area contributed by atoms with E-state index in [0.29, 0.717) is 19.4 Å². The van der Waals surface area contributed by atoms with Crippen molar-refractivity contribution in [3.63, 3.8) is 0 Å². The Hall–Kier alpha value is -1.11. The van der Waals surface area contributed by atoms with Crippen LogP contribution in [0.4, 0.5) is 0 Å². The molecule has 0 aromatic rings. The predicted molar refractivity (Wildman–Crippen MR) is 61.3 cm³/mol. The molecule has 0 bridgehead atoms. The van der Waals surface area contributed by atoms with Crippen molar-refractivity contribution in [3.05, 3.63) is 0 Å². The van der Waals surface area contributed by atoms with Gasteiger partial charge in [-0.3, -0.25) is 9.59 Å². The molecule has 1 heterocycles. The molecule has 1 fully saturated rings. The topological polar surface area (TPSA) is 91.8 Å². The van der Waals surface area contributed by atoms with Gasteiger partial charge in [-0.1, -0.05) is 0 Å². The fourth-order valence-electron chi connectivity index (χ4n) is 1.74. The molecular weight excluding hydrogens is 246 g/mol. The lowest BCUT2D eigenvalue weighted by molar-refractivity contribution is -0.137. The number of amides is 1. The highest BCUT2D eigenvalue weighted by molar-refractivity contribution is 7.91. The van der Waals surface area contributed by atoms with E-state index in [9.17, 15) is 18.0 Å². The van der Waals surface area contributed by atoms with Crippen LogP contribution in [0.1, 0.15) is 25.7 Å². The van der Waals surface area contributed by atoms with Gasteiger partial charge >= 0.3 is 5.97 Å². The summed E-state index contributed by atoms with van der Waals surface area (Å²) in [6, 6.07) is 0. The summed E-state index contributed by atoms with van der Waals surface area (Å²) < 4.78 is 22.7. The summed E-state index contributed by atoms with van der Waals surface area (Å²) in [5, 5.41) is 8.45. The van der Waals surface area contributed by atoms with Crippen LogP contribution >= 0.6 is 0 Å². The summed E-state index contributed by atoms with van der Waals surface area (Å²) in [5.74, 6) is -0.927. The lowest BCUT2D eigenvalue weighted by Crippen LogP contribution is -2.33. The van der Waals surface area contributed by atoms with Gasteiger partial charge in [0.2, 0.25) is 5.91 Å². The van der Waals surface area contributed by atoms with Crippen molar-refractivity contribution in [1.82, 2.24) is 4.90 Å². The zero-order valence-electron chi connectivity index (χ0n) is 9.59. The molecule has 0 radical (unpaired) electrons. The summed E-state index contributed by atoms with van der Waals surface area (Å²) in [4.78, 5) is 23.5. The Morgan fingerprint density at radius 1 is 1.12 bits per heavy atom. The van der Waals surface area contributed by atoms with Gasteiger partial charge in [0.05, 0.1) is 11.5 Å². The molecule has 1 aliphatic heterocycles. The Morgan fingerprint density at radius 2 is 1.82 bits per heavy atom. The quantitative estimate of drug-likeness (QED) is 0.764. The van der Waals surface area contributed by atoms with Crippen LogP contribution in [0, 0.1) is 0 Å². The molecule has 1 aliphatic rings. The zero-order valence-corrected chi connectivity index (χ0v) is 10.4. The minimum Gasteiger partial charge on any atom is -0.481 e. The Balaban J connectivity index is 2.39. The second-order valence-corrected chi connectivity index (χ2v) is 6.44. The maximum absolute atomic E-state index is 11.7. The Kier molecular flexibility index (Phi) is 4.92. The monoisotopic (exact) mass is 263 g/mol. The number of hydrogen-bond donors (Lipinski definition) is 1. The Labute approximate surface area is 101 Å². The SMILES string of the molecule is O=C(O)CCCC(=O)N1CCCS(=O)(=O)CC1. The van der Waals surface area contributed by atoms with Gasteiger partial charge in [-0.25, -0.2) is 8.42 Å². The normalized spacial score (nSPS) is 19.6. The number of rotatable bonds is 4. The van der Waals surface area contributed by atoms with E-state index in [2.05, 4.69) is 0 Å². The van der Waals surface area contributed by atoms with E-state index in [4.69, 9.17) is 5.11 Å². The maximum Gasteiger partial charge on any atom is 0.303 e. The lowest BCUT2D eigenvalue weighted by atomic mass is 10.2. The molecule has 7 heteroatoms. The van der Waals surface area contributed by atoms with E-state index < -0.39 is 15.8 Å². The van der Waals surface area contributed by atoms with Gasteiger partial charge < -0.3 is 10.0 Å². The van der Waals surface area contributed by atoms with Crippen LogP contribution in [0.25, 0.3) is 0 Å². The Morgan fingerprint density at radius 3 is 2.47 bits per heavy atom. The number of carboxylic acids is 1. The fourth-order valence-corrected chi connectivity index (χ4v) is 3.01. The molecule has 0 atom stereocenters. The summed E-state index contributed by atoms with van der Waals surface area (Å²) in [6.07, 6.45) is 0.911. The second kappa shape index (κ2) is 6.00.